The third-order valence-electron chi connectivity index (χ3n) is 1.49. The first kappa shape index (κ1) is 9.81. The number of ether oxygens (including phenoxy) is 1. The highest BCUT2D eigenvalue weighted by Gasteiger charge is 2.03. The average molecular weight is 292 g/mol. The van der Waals surface area contributed by atoms with Crippen molar-refractivity contribution in [3.63, 3.8) is 0 Å². The van der Waals surface area contributed by atoms with Crippen molar-refractivity contribution in [1.82, 2.24) is 0 Å². The van der Waals surface area contributed by atoms with Crippen molar-refractivity contribution in [2.45, 2.75) is 0 Å². The predicted octanol–water partition coefficient (Wildman–Crippen LogP) is 3.86. The first-order valence-corrected chi connectivity index (χ1v) is 4.93. The van der Waals surface area contributed by atoms with Crippen molar-refractivity contribution >= 4 is 37.9 Å². The lowest BCUT2D eigenvalue weighted by Crippen LogP contribution is -1.86. The van der Waals surface area contributed by atoms with Crippen molar-refractivity contribution in [3.05, 3.63) is 33.2 Å². The summed E-state index contributed by atoms with van der Waals surface area (Å²) in [5, 5.41) is 0. The van der Waals surface area contributed by atoms with Gasteiger partial charge in [0.15, 0.2) is 0 Å². The molecule has 0 aromatic heterocycles. The Morgan fingerprint density at radius 1 is 1.33 bits per heavy atom. The van der Waals surface area contributed by atoms with E-state index in [0.717, 1.165) is 20.3 Å². The molecule has 0 aliphatic heterocycles. The first-order chi connectivity index (χ1) is 5.69. The summed E-state index contributed by atoms with van der Waals surface area (Å²) in [5.41, 5.74) is 1.02. The van der Waals surface area contributed by atoms with Gasteiger partial charge in [0.05, 0.1) is 11.6 Å². The van der Waals surface area contributed by atoms with Gasteiger partial charge in [-0.3, -0.25) is 0 Å². The van der Waals surface area contributed by atoms with Crippen LogP contribution in [0.4, 0.5) is 0 Å². The summed E-state index contributed by atoms with van der Waals surface area (Å²) < 4.78 is 7.06. The number of hydrogen-bond donors (Lipinski definition) is 0. The zero-order valence-electron chi connectivity index (χ0n) is 6.60. The average Bonchev–Trinajstić information content (AvgIpc) is 2.05. The SMILES string of the molecule is C=Cc1cc(OC)c(Br)cc1Br. The normalized spacial score (nSPS) is 9.58. The molecule has 12 heavy (non-hydrogen) atoms. The Hall–Kier alpha value is -0.280. The number of hydrogen-bond acceptors (Lipinski definition) is 1. The predicted molar refractivity (Wildman–Crippen MR) is 58.5 cm³/mol. The highest BCUT2D eigenvalue weighted by molar-refractivity contribution is 9.11. The number of benzene rings is 1. The Balaban J connectivity index is 3.26. The molecule has 3 heteroatoms. The van der Waals surface area contributed by atoms with E-state index in [-0.39, 0.29) is 0 Å². The highest BCUT2D eigenvalue weighted by Crippen LogP contribution is 2.31. The maximum absolute atomic E-state index is 5.13. The van der Waals surface area contributed by atoms with Crippen LogP contribution in [0.3, 0.4) is 0 Å². The van der Waals surface area contributed by atoms with Gasteiger partial charge in [0.25, 0.3) is 0 Å². The number of halogens is 2. The molecule has 0 spiro atoms. The topological polar surface area (TPSA) is 9.23 Å². The zero-order chi connectivity index (χ0) is 9.14. The van der Waals surface area contributed by atoms with Gasteiger partial charge in [0.1, 0.15) is 5.75 Å². The molecule has 0 saturated carbocycles. The second-order valence-electron chi connectivity index (χ2n) is 2.21. The molecule has 0 aliphatic carbocycles. The summed E-state index contributed by atoms with van der Waals surface area (Å²) in [6, 6.07) is 3.86. The minimum absolute atomic E-state index is 0.813. The Morgan fingerprint density at radius 2 is 2.00 bits per heavy atom. The maximum atomic E-state index is 5.13. The summed E-state index contributed by atoms with van der Waals surface area (Å²) in [6.45, 7) is 3.70. The van der Waals surface area contributed by atoms with Gasteiger partial charge >= 0.3 is 0 Å². The fraction of sp³-hybridized carbons (Fsp3) is 0.111. The Morgan fingerprint density at radius 3 is 2.50 bits per heavy atom. The minimum atomic E-state index is 0.813. The molecule has 0 N–H and O–H groups in total. The summed E-state index contributed by atoms with van der Waals surface area (Å²) >= 11 is 6.80. The van der Waals surface area contributed by atoms with Crippen molar-refractivity contribution in [1.29, 1.82) is 0 Å². The van der Waals surface area contributed by atoms with E-state index in [9.17, 15) is 0 Å². The van der Waals surface area contributed by atoms with E-state index >= 15 is 0 Å². The van der Waals surface area contributed by atoms with Gasteiger partial charge < -0.3 is 4.74 Å². The molecule has 1 nitrogen and oxygen atoms in total. The summed E-state index contributed by atoms with van der Waals surface area (Å²) in [4.78, 5) is 0. The molecule has 0 atom stereocenters. The third kappa shape index (κ3) is 1.90. The van der Waals surface area contributed by atoms with Crippen molar-refractivity contribution < 1.29 is 4.74 Å². The van der Waals surface area contributed by atoms with Gasteiger partial charge in [-0.2, -0.15) is 0 Å². The van der Waals surface area contributed by atoms with Gasteiger partial charge in [0.2, 0.25) is 0 Å². The van der Waals surface area contributed by atoms with Crippen LogP contribution in [-0.4, -0.2) is 7.11 Å². The fourth-order valence-corrected chi connectivity index (χ4v) is 2.18. The van der Waals surface area contributed by atoms with Crippen LogP contribution in [0.2, 0.25) is 0 Å². The van der Waals surface area contributed by atoms with Gasteiger partial charge in [0, 0.05) is 4.47 Å². The molecule has 0 saturated heterocycles. The first-order valence-electron chi connectivity index (χ1n) is 3.34. The van der Waals surface area contributed by atoms with Gasteiger partial charge in [-0.25, -0.2) is 0 Å². The summed E-state index contributed by atoms with van der Waals surface area (Å²) in [5.74, 6) is 0.813. The van der Waals surface area contributed by atoms with Crippen molar-refractivity contribution in [3.8, 4) is 5.75 Å². The van der Waals surface area contributed by atoms with Crippen LogP contribution < -0.4 is 4.74 Å². The van der Waals surface area contributed by atoms with E-state index in [4.69, 9.17) is 4.74 Å². The molecule has 64 valence electrons. The second kappa shape index (κ2) is 4.10. The molecule has 0 amide bonds. The lowest BCUT2D eigenvalue weighted by Gasteiger charge is -2.05. The molecule has 0 unspecified atom stereocenters. The van der Waals surface area contributed by atoms with Crippen LogP contribution in [0.25, 0.3) is 6.08 Å². The molecule has 0 radical (unpaired) electrons. The standard InChI is InChI=1S/C9H8Br2O/c1-3-6-4-9(12-2)8(11)5-7(6)10/h3-5H,1H2,2H3. The smallest absolute Gasteiger partial charge is 0.133 e. The quantitative estimate of drug-likeness (QED) is 0.804. The van der Waals surface area contributed by atoms with Gasteiger partial charge in [-0.05, 0) is 33.6 Å². The van der Waals surface area contributed by atoms with E-state index in [1.807, 2.05) is 12.1 Å². The number of rotatable bonds is 2. The highest BCUT2D eigenvalue weighted by atomic mass is 79.9. The molecule has 1 aromatic rings. The van der Waals surface area contributed by atoms with Crippen molar-refractivity contribution in [2.24, 2.45) is 0 Å². The van der Waals surface area contributed by atoms with E-state index in [1.165, 1.54) is 0 Å². The van der Waals surface area contributed by atoms with Crippen LogP contribution in [-0.2, 0) is 0 Å². The number of methoxy groups -OCH3 is 1. The minimum Gasteiger partial charge on any atom is -0.496 e. The molecular formula is C9H8Br2O. The summed E-state index contributed by atoms with van der Waals surface area (Å²) in [7, 11) is 1.64. The molecule has 0 heterocycles. The van der Waals surface area contributed by atoms with Crippen molar-refractivity contribution in [2.75, 3.05) is 7.11 Å². The van der Waals surface area contributed by atoms with Gasteiger partial charge in [-0.15, -0.1) is 0 Å². The van der Waals surface area contributed by atoms with Gasteiger partial charge in [-0.1, -0.05) is 28.6 Å². The lowest BCUT2D eigenvalue weighted by molar-refractivity contribution is 0.412. The van der Waals surface area contributed by atoms with Crippen LogP contribution in [0.15, 0.2) is 27.7 Å². The lowest BCUT2D eigenvalue weighted by atomic mass is 10.2. The monoisotopic (exact) mass is 290 g/mol. The molecule has 0 aliphatic rings. The summed E-state index contributed by atoms with van der Waals surface area (Å²) in [6.07, 6.45) is 1.78. The van der Waals surface area contributed by atoms with Crippen LogP contribution >= 0.6 is 31.9 Å². The van der Waals surface area contributed by atoms with E-state index in [0.29, 0.717) is 0 Å². The van der Waals surface area contributed by atoms with E-state index in [1.54, 1.807) is 13.2 Å². The van der Waals surface area contributed by atoms with Crippen LogP contribution in [0.1, 0.15) is 5.56 Å². The van der Waals surface area contributed by atoms with Crippen LogP contribution in [0, 0.1) is 0 Å². The molecule has 1 rings (SSSR count). The second-order valence-corrected chi connectivity index (χ2v) is 3.92. The van der Waals surface area contributed by atoms with E-state index in [2.05, 4.69) is 38.4 Å². The largest absolute Gasteiger partial charge is 0.496 e. The Bertz CT molecular complexity index is 308. The zero-order valence-corrected chi connectivity index (χ0v) is 9.78. The Kier molecular flexibility index (Phi) is 3.35. The Labute approximate surface area is 88.7 Å². The molecular weight excluding hydrogens is 284 g/mol. The molecule has 1 aromatic carbocycles. The maximum Gasteiger partial charge on any atom is 0.133 e. The molecule has 0 fully saturated rings. The van der Waals surface area contributed by atoms with Crippen LogP contribution in [0.5, 0.6) is 5.75 Å². The molecule has 0 bridgehead atoms. The third-order valence-corrected chi connectivity index (χ3v) is 2.80. The fourth-order valence-electron chi connectivity index (χ4n) is 0.858. The van der Waals surface area contributed by atoms with E-state index < -0.39 is 0 Å².